The summed E-state index contributed by atoms with van der Waals surface area (Å²) in [4.78, 5) is 14.9. The fourth-order valence-electron chi connectivity index (χ4n) is 3.58. The van der Waals surface area contributed by atoms with Crippen molar-refractivity contribution < 1.29 is 4.79 Å². The van der Waals surface area contributed by atoms with Gasteiger partial charge in [0.05, 0.1) is 0 Å². The Balaban J connectivity index is 1.58. The Bertz CT molecular complexity index is 934. The van der Waals surface area contributed by atoms with E-state index in [-0.39, 0.29) is 5.91 Å². The first kappa shape index (κ1) is 21.7. The molecule has 1 aromatic heterocycles. The number of rotatable bonds is 10. The summed E-state index contributed by atoms with van der Waals surface area (Å²) in [6.45, 7) is 4.45. The van der Waals surface area contributed by atoms with Gasteiger partial charge in [0, 0.05) is 53.2 Å². The molecule has 0 aliphatic rings. The Kier molecular flexibility index (Phi) is 8.02. The molecule has 1 amide bonds. The van der Waals surface area contributed by atoms with Crippen molar-refractivity contribution in [3.63, 3.8) is 0 Å². The van der Waals surface area contributed by atoms with Gasteiger partial charge >= 0.3 is 0 Å². The van der Waals surface area contributed by atoms with Crippen molar-refractivity contribution in [1.29, 1.82) is 0 Å². The maximum Gasteiger partial charge on any atom is 0.222 e. The molecule has 3 nitrogen and oxygen atoms in total. The quantitative estimate of drug-likeness (QED) is 0.319. The fraction of sp³-hybridized carbons (Fsp3) is 0.375. The third-order valence-corrected chi connectivity index (χ3v) is 5.68. The molecule has 0 aliphatic carbocycles. The lowest BCUT2D eigenvalue weighted by Crippen LogP contribution is -2.31. The van der Waals surface area contributed by atoms with E-state index in [1.165, 1.54) is 0 Å². The first-order chi connectivity index (χ1) is 14.1. The van der Waals surface area contributed by atoms with Crippen LogP contribution in [-0.2, 0) is 17.9 Å². The van der Waals surface area contributed by atoms with Gasteiger partial charge in [-0.2, -0.15) is 0 Å². The predicted octanol–water partition coefficient (Wildman–Crippen LogP) is 6.95. The molecule has 1 heterocycles. The SMILES string of the molecule is CCCCCN(Cc1ccc(Cl)cc1)C(=O)CCCn1ccc2cc(Cl)ccc21. The molecule has 0 aliphatic heterocycles. The lowest BCUT2D eigenvalue weighted by atomic mass is 10.1. The summed E-state index contributed by atoms with van der Waals surface area (Å²) in [6, 6.07) is 15.8. The number of aryl methyl sites for hydroxylation is 1. The van der Waals surface area contributed by atoms with Crippen LogP contribution in [0.15, 0.2) is 54.7 Å². The van der Waals surface area contributed by atoms with E-state index < -0.39 is 0 Å². The molecule has 0 fully saturated rings. The molecule has 0 saturated carbocycles. The van der Waals surface area contributed by atoms with Crippen LogP contribution < -0.4 is 0 Å². The van der Waals surface area contributed by atoms with Gasteiger partial charge < -0.3 is 9.47 Å². The second kappa shape index (κ2) is 10.7. The molecule has 154 valence electrons. The second-order valence-electron chi connectivity index (χ2n) is 7.46. The number of benzene rings is 2. The Morgan fingerprint density at radius 3 is 2.48 bits per heavy atom. The largest absolute Gasteiger partial charge is 0.347 e. The van der Waals surface area contributed by atoms with E-state index in [1.54, 1.807) is 0 Å². The number of aromatic nitrogens is 1. The van der Waals surface area contributed by atoms with E-state index in [1.807, 2.05) is 47.4 Å². The van der Waals surface area contributed by atoms with E-state index >= 15 is 0 Å². The summed E-state index contributed by atoms with van der Waals surface area (Å²) >= 11 is 12.1. The summed E-state index contributed by atoms with van der Waals surface area (Å²) in [5.74, 6) is 0.218. The minimum atomic E-state index is 0.218. The van der Waals surface area contributed by atoms with Crippen molar-refractivity contribution >= 4 is 40.0 Å². The van der Waals surface area contributed by atoms with Gasteiger partial charge in [-0.3, -0.25) is 4.79 Å². The van der Waals surface area contributed by atoms with Crippen LogP contribution in [0.1, 0.15) is 44.6 Å². The molecule has 29 heavy (non-hydrogen) atoms. The van der Waals surface area contributed by atoms with Crippen LogP contribution in [0.4, 0.5) is 0 Å². The van der Waals surface area contributed by atoms with Crippen molar-refractivity contribution in [2.75, 3.05) is 6.54 Å². The molecular weight excluding hydrogens is 403 g/mol. The van der Waals surface area contributed by atoms with E-state index in [2.05, 4.69) is 23.8 Å². The first-order valence-electron chi connectivity index (χ1n) is 10.3. The number of amides is 1. The zero-order valence-corrected chi connectivity index (χ0v) is 18.4. The van der Waals surface area contributed by atoms with Crippen LogP contribution in [0.3, 0.4) is 0 Å². The lowest BCUT2D eigenvalue weighted by Gasteiger charge is -2.23. The van der Waals surface area contributed by atoms with Crippen molar-refractivity contribution in [3.05, 3.63) is 70.3 Å². The van der Waals surface area contributed by atoms with Gasteiger partial charge in [-0.25, -0.2) is 0 Å². The monoisotopic (exact) mass is 430 g/mol. The fourth-order valence-corrected chi connectivity index (χ4v) is 3.89. The van der Waals surface area contributed by atoms with Crippen molar-refractivity contribution in [2.24, 2.45) is 0 Å². The van der Waals surface area contributed by atoms with Gasteiger partial charge in [0.2, 0.25) is 5.91 Å². The molecule has 0 bridgehead atoms. The van der Waals surface area contributed by atoms with E-state index in [0.717, 1.165) is 65.3 Å². The third-order valence-electron chi connectivity index (χ3n) is 5.19. The average Bonchev–Trinajstić information content (AvgIpc) is 3.10. The zero-order chi connectivity index (χ0) is 20.6. The number of hydrogen-bond donors (Lipinski definition) is 0. The summed E-state index contributed by atoms with van der Waals surface area (Å²) in [7, 11) is 0. The van der Waals surface area contributed by atoms with Gasteiger partial charge in [-0.05, 0) is 54.8 Å². The second-order valence-corrected chi connectivity index (χ2v) is 8.34. The zero-order valence-electron chi connectivity index (χ0n) is 16.9. The maximum absolute atomic E-state index is 12.9. The summed E-state index contributed by atoms with van der Waals surface area (Å²) < 4.78 is 2.19. The molecule has 0 atom stereocenters. The van der Waals surface area contributed by atoms with Crippen LogP contribution in [0.2, 0.25) is 10.0 Å². The topological polar surface area (TPSA) is 25.2 Å². The number of fused-ring (bicyclic) bond motifs is 1. The number of carbonyl (C=O) groups excluding carboxylic acids is 1. The van der Waals surface area contributed by atoms with Gasteiger partial charge in [-0.1, -0.05) is 55.1 Å². The van der Waals surface area contributed by atoms with Gasteiger partial charge in [0.25, 0.3) is 0 Å². The van der Waals surface area contributed by atoms with E-state index in [0.29, 0.717) is 13.0 Å². The van der Waals surface area contributed by atoms with Crippen LogP contribution in [-0.4, -0.2) is 21.9 Å². The standard InChI is InChI=1S/C24H28Cl2N2O/c1-2-3-4-14-28(18-19-7-9-21(25)10-8-19)24(29)6-5-15-27-16-13-20-17-22(26)11-12-23(20)27/h7-13,16-17H,2-6,14-15,18H2,1H3. The van der Waals surface area contributed by atoms with Crippen molar-refractivity contribution in [3.8, 4) is 0 Å². The normalized spacial score (nSPS) is 11.1. The summed E-state index contributed by atoms with van der Waals surface area (Å²) in [5.41, 5.74) is 2.27. The molecule has 2 aromatic carbocycles. The Morgan fingerprint density at radius 1 is 0.966 bits per heavy atom. The number of hydrogen-bond acceptors (Lipinski definition) is 1. The average molecular weight is 431 g/mol. The highest BCUT2D eigenvalue weighted by molar-refractivity contribution is 6.31. The maximum atomic E-state index is 12.9. The smallest absolute Gasteiger partial charge is 0.222 e. The van der Waals surface area contributed by atoms with Crippen molar-refractivity contribution in [1.82, 2.24) is 9.47 Å². The Labute approximate surface area is 183 Å². The summed E-state index contributed by atoms with van der Waals surface area (Å²) in [6.07, 6.45) is 6.76. The molecule has 3 aromatic rings. The highest BCUT2D eigenvalue weighted by Crippen LogP contribution is 2.21. The van der Waals surface area contributed by atoms with Crippen molar-refractivity contribution in [2.45, 2.75) is 52.1 Å². The molecule has 5 heteroatoms. The third kappa shape index (κ3) is 6.25. The van der Waals surface area contributed by atoms with Crippen LogP contribution in [0, 0.1) is 0 Å². The Morgan fingerprint density at radius 2 is 1.72 bits per heavy atom. The van der Waals surface area contributed by atoms with E-state index in [9.17, 15) is 4.79 Å². The van der Waals surface area contributed by atoms with Crippen LogP contribution in [0.25, 0.3) is 10.9 Å². The minimum absolute atomic E-state index is 0.218. The highest BCUT2D eigenvalue weighted by atomic mass is 35.5. The number of carbonyl (C=O) groups is 1. The lowest BCUT2D eigenvalue weighted by molar-refractivity contribution is -0.132. The van der Waals surface area contributed by atoms with Gasteiger partial charge in [0.1, 0.15) is 0 Å². The van der Waals surface area contributed by atoms with Gasteiger partial charge in [-0.15, -0.1) is 0 Å². The molecule has 0 N–H and O–H groups in total. The highest BCUT2D eigenvalue weighted by Gasteiger charge is 2.14. The number of halogens is 2. The van der Waals surface area contributed by atoms with E-state index in [4.69, 9.17) is 23.2 Å². The number of nitrogens with zero attached hydrogens (tertiary/aromatic N) is 2. The first-order valence-corrected chi connectivity index (χ1v) is 11.1. The van der Waals surface area contributed by atoms with Gasteiger partial charge in [0.15, 0.2) is 0 Å². The summed E-state index contributed by atoms with van der Waals surface area (Å²) in [5, 5.41) is 2.60. The van der Waals surface area contributed by atoms with Crippen LogP contribution in [0.5, 0.6) is 0 Å². The molecule has 0 spiro atoms. The van der Waals surface area contributed by atoms with Crippen LogP contribution >= 0.6 is 23.2 Å². The molecule has 0 radical (unpaired) electrons. The molecule has 0 saturated heterocycles. The predicted molar refractivity (Wildman–Crippen MR) is 123 cm³/mol. The minimum Gasteiger partial charge on any atom is -0.347 e. The Hall–Kier alpha value is -1.97. The molecule has 3 rings (SSSR count). The molecule has 0 unspecified atom stereocenters. The molecular formula is C24H28Cl2N2O. The number of unbranched alkanes of at least 4 members (excludes halogenated alkanes) is 2.